The third-order valence-electron chi connectivity index (χ3n) is 5.44. The maximum absolute atomic E-state index is 12.6. The molecular weight excluding hydrogens is 382 g/mol. The monoisotopic (exact) mass is 407 g/mol. The molecule has 0 aliphatic carbocycles. The van der Waals surface area contributed by atoms with Gasteiger partial charge in [-0.1, -0.05) is 49.0 Å². The molecule has 0 radical (unpaired) electrons. The van der Waals surface area contributed by atoms with Crippen molar-refractivity contribution in [3.63, 3.8) is 0 Å². The Labute approximate surface area is 175 Å². The summed E-state index contributed by atoms with van der Waals surface area (Å²) >= 11 is 1.43. The van der Waals surface area contributed by atoms with Gasteiger partial charge in [-0.15, -0.1) is 0 Å². The molecule has 150 valence electrons. The van der Waals surface area contributed by atoms with Crippen molar-refractivity contribution in [3.05, 3.63) is 64.6 Å². The van der Waals surface area contributed by atoms with E-state index in [2.05, 4.69) is 22.5 Å². The first-order valence-corrected chi connectivity index (χ1v) is 10.9. The predicted octanol–water partition coefficient (Wildman–Crippen LogP) is 4.33. The van der Waals surface area contributed by atoms with E-state index >= 15 is 0 Å². The average molecular weight is 408 g/mol. The molecule has 2 aromatic carbocycles. The first kappa shape index (κ1) is 19.7. The Kier molecular flexibility index (Phi) is 6.02. The zero-order valence-corrected chi connectivity index (χ0v) is 17.3. The Morgan fingerprint density at radius 2 is 2.10 bits per heavy atom. The number of likely N-dealkylation sites (tertiary alicyclic amines) is 1. The minimum Gasteiger partial charge on any atom is -0.339 e. The first-order chi connectivity index (χ1) is 14.1. The molecule has 1 saturated heterocycles. The second kappa shape index (κ2) is 8.84. The number of hydrogen-bond acceptors (Lipinski definition) is 4. The highest BCUT2D eigenvalue weighted by Crippen LogP contribution is 2.39. The summed E-state index contributed by atoms with van der Waals surface area (Å²) in [6.07, 6.45) is 5.38. The van der Waals surface area contributed by atoms with E-state index in [0.717, 1.165) is 23.4 Å². The molecule has 2 aliphatic heterocycles. The number of rotatable bonds is 5. The van der Waals surface area contributed by atoms with Gasteiger partial charge in [0.15, 0.2) is 0 Å². The lowest BCUT2D eigenvalue weighted by Crippen LogP contribution is -2.40. The van der Waals surface area contributed by atoms with E-state index in [1.807, 2.05) is 48.5 Å². The van der Waals surface area contributed by atoms with Crippen molar-refractivity contribution in [2.45, 2.75) is 37.1 Å². The van der Waals surface area contributed by atoms with Crippen molar-refractivity contribution >= 4 is 35.3 Å². The number of anilines is 1. The third-order valence-corrected chi connectivity index (χ3v) is 6.54. The normalized spacial score (nSPS) is 20.4. The fraction of sp³-hybridized carbons (Fsp3) is 0.304. The van der Waals surface area contributed by atoms with Gasteiger partial charge >= 0.3 is 0 Å². The van der Waals surface area contributed by atoms with Crippen LogP contribution in [0.2, 0.25) is 0 Å². The molecule has 2 aromatic rings. The molecule has 4 rings (SSSR count). The highest BCUT2D eigenvalue weighted by atomic mass is 32.2. The largest absolute Gasteiger partial charge is 0.339 e. The lowest BCUT2D eigenvalue weighted by Gasteiger charge is -2.24. The summed E-state index contributed by atoms with van der Waals surface area (Å²) in [6.45, 7) is 3.79. The fourth-order valence-electron chi connectivity index (χ4n) is 3.84. The zero-order valence-electron chi connectivity index (χ0n) is 16.5. The molecule has 0 saturated carbocycles. The molecule has 0 aromatic heterocycles. The van der Waals surface area contributed by atoms with Crippen molar-refractivity contribution in [2.75, 3.05) is 18.5 Å². The molecule has 1 fully saturated rings. The lowest BCUT2D eigenvalue weighted by atomic mass is 10.1. The highest BCUT2D eigenvalue weighted by molar-refractivity contribution is 8.04. The third kappa shape index (κ3) is 4.54. The maximum Gasteiger partial charge on any atom is 0.262 e. The smallest absolute Gasteiger partial charge is 0.262 e. The Morgan fingerprint density at radius 3 is 2.90 bits per heavy atom. The van der Waals surface area contributed by atoms with E-state index in [-0.39, 0.29) is 11.8 Å². The van der Waals surface area contributed by atoms with E-state index in [0.29, 0.717) is 28.9 Å². The minimum absolute atomic E-state index is 0.112. The van der Waals surface area contributed by atoms with Gasteiger partial charge in [0.1, 0.15) is 0 Å². The van der Waals surface area contributed by atoms with Crippen LogP contribution < -0.4 is 10.6 Å². The Bertz CT molecular complexity index is 942. The quantitative estimate of drug-likeness (QED) is 0.724. The first-order valence-electron chi connectivity index (χ1n) is 10.1. The van der Waals surface area contributed by atoms with Crippen LogP contribution in [0.1, 0.15) is 42.1 Å². The molecule has 0 bridgehead atoms. The number of benzene rings is 2. The van der Waals surface area contributed by atoms with Crippen molar-refractivity contribution in [1.29, 1.82) is 0 Å². The van der Waals surface area contributed by atoms with Gasteiger partial charge in [0, 0.05) is 23.0 Å². The molecule has 0 unspecified atom stereocenters. The second-order valence-electron chi connectivity index (χ2n) is 7.37. The summed E-state index contributed by atoms with van der Waals surface area (Å²) in [4.78, 5) is 29.0. The molecule has 2 N–H and O–H groups in total. The van der Waals surface area contributed by atoms with Crippen LogP contribution in [-0.2, 0) is 4.79 Å². The van der Waals surface area contributed by atoms with Gasteiger partial charge in [0.2, 0.25) is 0 Å². The number of thioether (sulfide) groups is 1. The van der Waals surface area contributed by atoms with E-state index in [1.165, 1.54) is 24.6 Å². The summed E-state index contributed by atoms with van der Waals surface area (Å²) in [7, 11) is 0. The van der Waals surface area contributed by atoms with Gasteiger partial charge in [0.05, 0.1) is 17.3 Å². The van der Waals surface area contributed by atoms with Crippen LogP contribution in [0.3, 0.4) is 0 Å². The summed E-state index contributed by atoms with van der Waals surface area (Å²) in [5.74, 6) is -0.258. The number of fused-ring (bicyclic) bond motifs is 1. The number of carbonyl (C=O) groups excluding carboxylic acids is 2. The van der Waals surface area contributed by atoms with Crippen molar-refractivity contribution in [2.24, 2.45) is 0 Å². The summed E-state index contributed by atoms with van der Waals surface area (Å²) < 4.78 is 0. The van der Waals surface area contributed by atoms with Crippen molar-refractivity contribution in [1.82, 2.24) is 10.2 Å². The molecule has 6 heteroatoms. The van der Waals surface area contributed by atoms with E-state index in [1.54, 1.807) is 6.07 Å². The summed E-state index contributed by atoms with van der Waals surface area (Å²) in [5.41, 5.74) is 2.23. The Hall–Kier alpha value is -2.57. The number of amides is 2. The second-order valence-corrected chi connectivity index (χ2v) is 8.45. The van der Waals surface area contributed by atoms with Crippen molar-refractivity contribution < 1.29 is 9.59 Å². The van der Waals surface area contributed by atoms with E-state index in [9.17, 15) is 9.59 Å². The minimum atomic E-state index is -0.147. The standard InChI is InChI=1S/C23H25N3O2S/c1-2-18-9-6-12-26(18)15-24-22(27)17-10-11-20-19(14-17)25-23(28)21(29-20)13-16-7-4-3-5-8-16/h3-5,7-8,10-11,13-14,18H,2,6,9,12,15H2,1H3,(H,24,27)(H,25,28)/b21-13-/t18-/m0/s1. The molecule has 2 amide bonds. The topological polar surface area (TPSA) is 61.4 Å². The molecule has 2 aliphatic rings. The van der Waals surface area contributed by atoms with E-state index < -0.39 is 0 Å². The van der Waals surface area contributed by atoms with Crippen LogP contribution in [0.4, 0.5) is 5.69 Å². The van der Waals surface area contributed by atoms with Crippen LogP contribution in [0.5, 0.6) is 0 Å². The SMILES string of the molecule is CC[C@H]1CCCN1CNC(=O)c1ccc2c(c1)NC(=O)/C(=C/c1ccccc1)S2. The molecule has 29 heavy (non-hydrogen) atoms. The maximum atomic E-state index is 12.6. The van der Waals surface area contributed by atoms with Crippen LogP contribution in [-0.4, -0.2) is 36.0 Å². The number of carbonyl (C=O) groups is 2. The van der Waals surface area contributed by atoms with Gasteiger partial charge in [-0.2, -0.15) is 0 Å². The van der Waals surface area contributed by atoms with Crippen LogP contribution in [0, 0.1) is 0 Å². The van der Waals surface area contributed by atoms with Crippen molar-refractivity contribution in [3.8, 4) is 0 Å². The van der Waals surface area contributed by atoms with Crippen LogP contribution >= 0.6 is 11.8 Å². The van der Waals surface area contributed by atoms with E-state index in [4.69, 9.17) is 0 Å². The van der Waals surface area contributed by atoms with Gasteiger partial charge in [-0.25, -0.2) is 0 Å². The summed E-state index contributed by atoms with van der Waals surface area (Å²) in [5, 5.41) is 5.94. The summed E-state index contributed by atoms with van der Waals surface area (Å²) in [6, 6.07) is 15.8. The van der Waals surface area contributed by atoms with Gasteiger partial charge in [-0.3, -0.25) is 14.5 Å². The van der Waals surface area contributed by atoms with Gasteiger partial charge < -0.3 is 10.6 Å². The molecule has 0 spiro atoms. The predicted molar refractivity (Wildman–Crippen MR) is 118 cm³/mol. The Balaban J connectivity index is 1.44. The average Bonchev–Trinajstić information content (AvgIpc) is 3.20. The van der Waals surface area contributed by atoms with Gasteiger partial charge in [0.25, 0.3) is 11.8 Å². The Morgan fingerprint density at radius 1 is 1.28 bits per heavy atom. The van der Waals surface area contributed by atoms with Crippen LogP contribution in [0.25, 0.3) is 6.08 Å². The molecule has 1 atom stereocenters. The molecule has 2 heterocycles. The highest BCUT2D eigenvalue weighted by Gasteiger charge is 2.24. The number of nitrogens with zero attached hydrogens (tertiary/aromatic N) is 1. The fourth-order valence-corrected chi connectivity index (χ4v) is 4.77. The molecular formula is C23H25N3O2S. The van der Waals surface area contributed by atoms with Gasteiger partial charge in [-0.05, 0) is 49.1 Å². The molecule has 5 nitrogen and oxygen atoms in total. The lowest BCUT2D eigenvalue weighted by molar-refractivity contribution is -0.112. The number of hydrogen-bond donors (Lipinski definition) is 2. The number of nitrogens with one attached hydrogen (secondary N) is 2. The van der Waals surface area contributed by atoms with Crippen LogP contribution in [0.15, 0.2) is 58.3 Å². The zero-order chi connectivity index (χ0) is 20.2.